The molecule has 3 aromatic rings. The summed E-state index contributed by atoms with van der Waals surface area (Å²) in [6, 6.07) is 14.2. The first-order chi connectivity index (χ1) is 13.8. The molecule has 29 heavy (non-hydrogen) atoms. The van der Waals surface area contributed by atoms with Gasteiger partial charge in [-0.25, -0.2) is 0 Å². The highest BCUT2D eigenvalue weighted by Gasteiger charge is 2.17. The number of anilines is 1. The van der Waals surface area contributed by atoms with Crippen molar-refractivity contribution in [1.29, 1.82) is 0 Å². The van der Waals surface area contributed by atoms with E-state index in [1.807, 2.05) is 44.2 Å². The quantitative estimate of drug-likeness (QED) is 0.542. The molecule has 0 fully saturated rings. The predicted molar refractivity (Wildman–Crippen MR) is 120 cm³/mol. The maximum absolute atomic E-state index is 12.6. The van der Waals surface area contributed by atoms with Gasteiger partial charge < -0.3 is 9.88 Å². The molecule has 6 heteroatoms. The highest BCUT2D eigenvalue weighted by molar-refractivity contribution is 7.99. The highest BCUT2D eigenvalue weighted by Crippen LogP contribution is 2.26. The zero-order valence-corrected chi connectivity index (χ0v) is 18.5. The molecule has 3 rings (SSSR count). The maximum atomic E-state index is 12.6. The molecule has 0 saturated carbocycles. The lowest BCUT2D eigenvalue weighted by atomic mass is 10.1. The molecule has 0 radical (unpaired) electrons. The fourth-order valence-electron chi connectivity index (χ4n) is 3.41. The minimum Gasteiger partial charge on any atom is -0.325 e. The van der Waals surface area contributed by atoms with Crippen molar-refractivity contribution in [3.05, 3.63) is 59.2 Å². The van der Waals surface area contributed by atoms with Gasteiger partial charge in [0.05, 0.1) is 5.75 Å². The number of aryl methyl sites for hydroxylation is 3. The number of hydrogen-bond acceptors (Lipinski definition) is 4. The summed E-state index contributed by atoms with van der Waals surface area (Å²) in [5, 5.41) is 12.6. The molecule has 1 heterocycles. The minimum absolute atomic E-state index is 0.0367. The lowest BCUT2D eigenvalue weighted by molar-refractivity contribution is -0.113. The second-order valence-corrected chi connectivity index (χ2v) is 8.73. The lowest BCUT2D eigenvalue weighted by Gasteiger charge is -2.14. The number of carbonyl (C=O) groups excluding carboxylic acids is 1. The van der Waals surface area contributed by atoms with Gasteiger partial charge in [0, 0.05) is 17.8 Å². The Morgan fingerprint density at radius 1 is 1.07 bits per heavy atom. The van der Waals surface area contributed by atoms with Crippen LogP contribution in [0.3, 0.4) is 0 Å². The molecule has 0 aliphatic rings. The molecular formula is C23H28N4OS. The van der Waals surface area contributed by atoms with Gasteiger partial charge in [-0.1, -0.05) is 73.6 Å². The molecular weight excluding hydrogens is 380 g/mol. The Bertz CT molecular complexity index is 972. The second kappa shape index (κ2) is 9.27. The summed E-state index contributed by atoms with van der Waals surface area (Å²) >= 11 is 1.42. The minimum atomic E-state index is -0.0367. The number of carbonyl (C=O) groups is 1. The van der Waals surface area contributed by atoms with E-state index in [0.717, 1.165) is 39.9 Å². The number of hydrogen-bond donors (Lipinski definition) is 1. The van der Waals surface area contributed by atoms with Crippen LogP contribution in [0.25, 0.3) is 11.4 Å². The topological polar surface area (TPSA) is 59.8 Å². The lowest BCUT2D eigenvalue weighted by Crippen LogP contribution is -2.16. The summed E-state index contributed by atoms with van der Waals surface area (Å²) in [4.78, 5) is 12.6. The summed E-state index contributed by atoms with van der Waals surface area (Å²) < 4.78 is 2.11. The summed E-state index contributed by atoms with van der Waals surface area (Å²) in [5.41, 5.74) is 5.28. The molecule has 5 nitrogen and oxygen atoms in total. The van der Waals surface area contributed by atoms with Crippen LogP contribution in [0.5, 0.6) is 0 Å². The van der Waals surface area contributed by atoms with E-state index >= 15 is 0 Å². The molecule has 0 atom stereocenters. The number of amides is 1. The van der Waals surface area contributed by atoms with Gasteiger partial charge in [0.2, 0.25) is 5.91 Å². The van der Waals surface area contributed by atoms with Crippen molar-refractivity contribution in [3.8, 4) is 11.4 Å². The van der Waals surface area contributed by atoms with Crippen LogP contribution in [0.15, 0.2) is 47.6 Å². The van der Waals surface area contributed by atoms with E-state index in [1.165, 1.54) is 17.3 Å². The molecule has 152 valence electrons. The molecule has 0 aliphatic heterocycles. The van der Waals surface area contributed by atoms with Crippen LogP contribution in [0.2, 0.25) is 0 Å². The first-order valence-electron chi connectivity index (χ1n) is 9.84. The van der Waals surface area contributed by atoms with Crippen molar-refractivity contribution in [1.82, 2.24) is 14.8 Å². The largest absolute Gasteiger partial charge is 0.325 e. The number of thioether (sulfide) groups is 1. The molecule has 0 aliphatic carbocycles. The Balaban J connectivity index is 1.75. The normalized spacial score (nSPS) is 11.1. The summed E-state index contributed by atoms with van der Waals surface area (Å²) in [5.74, 6) is 1.54. The predicted octanol–water partition coefficient (Wildman–Crippen LogP) is 5.26. The van der Waals surface area contributed by atoms with Crippen LogP contribution >= 0.6 is 11.8 Å². The van der Waals surface area contributed by atoms with E-state index in [2.05, 4.69) is 53.0 Å². The van der Waals surface area contributed by atoms with E-state index in [9.17, 15) is 4.79 Å². The van der Waals surface area contributed by atoms with Crippen molar-refractivity contribution in [2.75, 3.05) is 11.1 Å². The number of aromatic nitrogens is 3. The monoisotopic (exact) mass is 408 g/mol. The summed E-state index contributed by atoms with van der Waals surface area (Å²) in [6.45, 7) is 11.2. The second-order valence-electron chi connectivity index (χ2n) is 7.79. The average molecular weight is 409 g/mol. The smallest absolute Gasteiger partial charge is 0.234 e. The molecule has 0 spiro atoms. The van der Waals surface area contributed by atoms with Crippen LogP contribution < -0.4 is 5.32 Å². The highest BCUT2D eigenvalue weighted by atomic mass is 32.2. The number of benzene rings is 2. The fraction of sp³-hybridized carbons (Fsp3) is 0.348. The van der Waals surface area contributed by atoms with Crippen molar-refractivity contribution < 1.29 is 4.79 Å². The molecule has 0 bridgehead atoms. The average Bonchev–Trinajstić information content (AvgIpc) is 3.05. The van der Waals surface area contributed by atoms with Gasteiger partial charge in [-0.3, -0.25) is 4.79 Å². The van der Waals surface area contributed by atoms with Gasteiger partial charge in [-0.15, -0.1) is 10.2 Å². The Kier molecular flexibility index (Phi) is 6.75. The van der Waals surface area contributed by atoms with Gasteiger partial charge >= 0.3 is 0 Å². The SMILES string of the molecule is Cc1cc(C)c(NC(=O)CSc2nnc(-c3ccccc3)n2CC(C)C)c(C)c1. The summed E-state index contributed by atoms with van der Waals surface area (Å²) in [6.07, 6.45) is 0. The zero-order chi connectivity index (χ0) is 21.0. The van der Waals surface area contributed by atoms with Crippen molar-refractivity contribution in [2.45, 2.75) is 46.3 Å². The van der Waals surface area contributed by atoms with E-state index in [0.29, 0.717) is 5.92 Å². The van der Waals surface area contributed by atoms with E-state index in [-0.39, 0.29) is 11.7 Å². The molecule has 0 unspecified atom stereocenters. The van der Waals surface area contributed by atoms with Gasteiger partial charge in [-0.2, -0.15) is 0 Å². The van der Waals surface area contributed by atoms with E-state index < -0.39 is 0 Å². The molecule has 0 saturated heterocycles. The fourth-order valence-corrected chi connectivity index (χ4v) is 4.16. The molecule has 2 aromatic carbocycles. The van der Waals surface area contributed by atoms with Crippen LogP contribution in [0.4, 0.5) is 5.69 Å². The van der Waals surface area contributed by atoms with Crippen molar-refractivity contribution >= 4 is 23.4 Å². The Morgan fingerprint density at radius 2 is 1.72 bits per heavy atom. The number of rotatable bonds is 7. The van der Waals surface area contributed by atoms with Crippen molar-refractivity contribution in [2.24, 2.45) is 5.92 Å². The first kappa shape index (κ1) is 21.1. The van der Waals surface area contributed by atoms with Crippen LogP contribution in [-0.2, 0) is 11.3 Å². The van der Waals surface area contributed by atoms with Crippen LogP contribution in [-0.4, -0.2) is 26.4 Å². The molecule has 1 aromatic heterocycles. The van der Waals surface area contributed by atoms with E-state index in [4.69, 9.17) is 0 Å². The zero-order valence-electron chi connectivity index (χ0n) is 17.7. The Labute approximate surface area is 176 Å². The van der Waals surface area contributed by atoms with Gasteiger partial charge in [-0.05, 0) is 37.8 Å². The van der Waals surface area contributed by atoms with Gasteiger partial charge in [0.25, 0.3) is 0 Å². The molecule has 1 N–H and O–H groups in total. The van der Waals surface area contributed by atoms with Crippen LogP contribution in [0.1, 0.15) is 30.5 Å². The van der Waals surface area contributed by atoms with Gasteiger partial charge in [0.15, 0.2) is 11.0 Å². The third kappa shape index (κ3) is 5.26. The first-order valence-corrected chi connectivity index (χ1v) is 10.8. The van der Waals surface area contributed by atoms with Gasteiger partial charge in [0.1, 0.15) is 0 Å². The third-order valence-corrected chi connectivity index (χ3v) is 5.54. The standard InChI is InChI=1S/C23H28N4OS/c1-15(2)13-27-22(19-9-7-6-8-10-19)25-26-23(27)29-14-20(28)24-21-17(4)11-16(3)12-18(21)5/h6-12,15H,13-14H2,1-5H3,(H,24,28). The van der Waals surface area contributed by atoms with E-state index in [1.54, 1.807) is 0 Å². The third-order valence-electron chi connectivity index (χ3n) is 4.57. The van der Waals surface area contributed by atoms with Crippen molar-refractivity contribution in [3.63, 3.8) is 0 Å². The summed E-state index contributed by atoms with van der Waals surface area (Å²) in [7, 11) is 0. The van der Waals surface area contributed by atoms with Crippen LogP contribution in [0, 0.1) is 26.7 Å². The Morgan fingerprint density at radius 3 is 2.34 bits per heavy atom. The number of nitrogens with zero attached hydrogens (tertiary/aromatic N) is 3. The number of nitrogens with one attached hydrogen (secondary N) is 1. The Hall–Kier alpha value is -2.60. The molecule has 1 amide bonds. The maximum Gasteiger partial charge on any atom is 0.234 e.